The third-order valence-electron chi connectivity index (χ3n) is 3.23. The van der Waals surface area contributed by atoms with Gasteiger partial charge in [-0.05, 0) is 25.8 Å². The fourth-order valence-corrected chi connectivity index (χ4v) is 3.71. The summed E-state index contributed by atoms with van der Waals surface area (Å²) < 4.78 is 31.5. The Labute approximate surface area is 111 Å². The summed E-state index contributed by atoms with van der Waals surface area (Å²) in [7, 11) is -1.41. The molecule has 0 aliphatic carbocycles. The molecule has 1 N–H and O–H groups in total. The second kappa shape index (κ2) is 8.09. The average Bonchev–Trinajstić information content (AvgIpc) is 2.34. The Morgan fingerprint density at radius 3 is 2.89 bits per heavy atom. The average molecular weight is 278 g/mol. The number of nitrogens with one attached hydrogen (secondary N) is 1. The third-order valence-corrected chi connectivity index (χ3v) is 4.75. The van der Waals surface area contributed by atoms with Crippen molar-refractivity contribution in [2.45, 2.75) is 38.6 Å². The smallest absolute Gasteiger partial charge is 0.211 e. The maximum Gasteiger partial charge on any atom is 0.211 e. The van der Waals surface area contributed by atoms with Gasteiger partial charge in [0.25, 0.3) is 0 Å². The molecule has 0 amide bonds. The topological polar surface area (TPSA) is 58.6 Å². The molecule has 0 aromatic carbocycles. The van der Waals surface area contributed by atoms with E-state index in [0.29, 0.717) is 6.61 Å². The van der Waals surface area contributed by atoms with Crippen molar-refractivity contribution in [2.75, 3.05) is 39.1 Å². The molecule has 0 aromatic heterocycles. The standard InChI is InChI=1S/C12H26N2O3S/c1-3-4-10-18(15,16)13-12-6-5-7-14(11-12)8-9-17-2/h12-13H,3-11H2,1-2H3. The number of nitrogens with zero attached hydrogens (tertiary/aromatic N) is 1. The van der Waals surface area contributed by atoms with Crippen molar-refractivity contribution >= 4 is 10.0 Å². The zero-order chi connectivity index (χ0) is 13.4. The highest BCUT2D eigenvalue weighted by molar-refractivity contribution is 7.89. The molecule has 1 aliphatic heterocycles. The van der Waals surface area contributed by atoms with Gasteiger partial charge in [-0.1, -0.05) is 13.3 Å². The number of methoxy groups -OCH3 is 1. The Balaban J connectivity index is 2.37. The molecule has 1 rings (SSSR count). The van der Waals surface area contributed by atoms with Crippen LogP contribution in [-0.2, 0) is 14.8 Å². The summed E-state index contributed by atoms with van der Waals surface area (Å²) in [5.74, 6) is 0.248. The van der Waals surface area contributed by atoms with Crippen LogP contribution in [0.4, 0.5) is 0 Å². The van der Waals surface area contributed by atoms with Crippen molar-refractivity contribution < 1.29 is 13.2 Å². The fraction of sp³-hybridized carbons (Fsp3) is 1.00. The first kappa shape index (κ1) is 15.9. The molecule has 18 heavy (non-hydrogen) atoms. The van der Waals surface area contributed by atoms with E-state index in [1.54, 1.807) is 7.11 Å². The zero-order valence-corrected chi connectivity index (χ0v) is 12.3. The predicted molar refractivity (Wildman–Crippen MR) is 73.2 cm³/mol. The number of hydrogen-bond donors (Lipinski definition) is 1. The lowest BCUT2D eigenvalue weighted by Gasteiger charge is -2.32. The van der Waals surface area contributed by atoms with Gasteiger partial charge in [-0.2, -0.15) is 0 Å². The van der Waals surface area contributed by atoms with Crippen molar-refractivity contribution in [3.63, 3.8) is 0 Å². The van der Waals surface area contributed by atoms with E-state index >= 15 is 0 Å². The Morgan fingerprint density at radius 1 is 1.44 bits per heavy atom. The van der Waals surface area contributed by atoms with Crippen molar-refractivity contribution in [1.82, 2.24) is 9.62 Å². The maximum atomic E-state index is 11.8. The molecule has 0 spiro atoms. The minimum absolute atomic E-state index is 0.0671. The van der Waals surface area contributed by atoms with Crippen LogP contribution in [0.1, 0.15) is 32.6 Å². The fourth-order valence-electron chi connectivity index (χ4n) is 2.22. The van der Waals surface area contributed by atoms with Crippen LogP contribution in [0.5, 0.6) is 0 Å². The van der Waals surface area contributed by atoms with Crippen LogP contribution in [0, 0.1) is 0 Å². The van der Waals surface area contributed by atoms with Crippen molar-refractivity contribution in [3.05, 3.63) is 0 Å². The first-order valence-electron chi connectivity index (χ1n) is 6.78. The van der Waals surface area contributed by atoms with E-state index in [-0.39, 0.29) is 11.8 Å². The van der Waals surface area contributed by atoms with Crippen molar-refractivity contribution in [3.8, 4) is 0 Å². The first-order valence-corrected chi connectivity index (χ1v) is 8.44. The Hall–Kier alpha value is -0.170. The molecule has 1 saturated heterocycles. The van der Waals surface area contributed by atoms with Gasteiger partial charge in [0.1, 0.15) is 0 Å². The van der Waals surface area contributed by atoms with E-state index in [2.05, 4.69) is 9.62 Å². The highest BCUT2D eigenvalue weighted by Gasteiger charge is 2.23. The molecule has 0 saturated carbocycles. The summed E-state index contributed by atoms with van der Waals surface area (Å²) in [6, 6.07) is 0.0671. The normalized spacial score (nSPS) is 22.2. The van der Waals surface area contributed by atoms with E-state index < -0.39 is 10.0 Å². The largest absolute Gasteiger partial charge is 0.383 e. The van der Waals surface area contributed by atoms with Gasteiger partial charge in [0, 0.05) is 26.2 Å². The molecule has 108 valence electrons. The number of likely N-dealkylation sites (tertiary alicyclic amines) is 1. The van der Waals surface area contributed by atoms with Gasteiger partial charge in [-0.25, -0.2) is 13.1 Å². The zero-order valence-electron chi connectivity index (χ0n) is 11.5. The molecule has 6 heteroatoms. The SMILES string of the molecule is CCCCS(=O)(=O)NC1CCCN(CCOC)C1. The van der Waals surface area contributed by atoms with E-state index in [4.69, 9.17) is 4.74 Å². The molecule has 0 aromatic rings. The van der Waals surface area contributed by atoms with Gasteiger partial charge in [0.05, 0.1) is 12.4 Å². The van der Waals surface area contributed by atoms with Crippen molar-refractivity contribution in [2.24, 2.45) is 0 Å². The maximum absolute atomic E-state index is 11.8. The highest BCUT2D eigenvalue weighted by Crippen LogP contribution is 2.11. The van der Waals surface area contributed by atoms with Gasteiger partial charge >= 0.3 is 0 Å². The van der Waals surface area contributed by atoms with Crippen LogP contribution >= 0.6 is 0 Å². The number of hydrogen-bond acceptors (Lipinski definition) is 4. The molecular formula is C12H26N2O3S. The second-order valence-electron chi connectivity index (χ2n) is 4.92. The molecule has 1 aliphatic rings. The summed E-state index contributed by atoms with van der Waals surface area (Å²) in [4.78, 5) is 2.26. The van der Waals surface area contributed by atoms with Crippen LogP contribution in [0.15, 0.2) is 0 Å². The highest BCUT2D eigenvalue weighted by atomic mass is 32.2. The Morgan fingerprint density at radius 2 is 2.22 bits per heavy atom. The van der Waals surface area contributed by atoms with Gasteiger partial charge in [-0.15, -0.1) is 0 Å². The molecule has 1 fully saturated rings. The summed E-state index contributed by atoms with van der Waals surface area (Å²) in [6.07, 6.45) is 3.63. The second-order valence-corrected chi connectivity index (χ2v) is 6.80. The van der Waals surface area contributed by atoms with Gasteiger partial charge in [-0.3, -0.25) is 4.90 Å². The monoisotopic (exact) mass is 278 g/mol. The predicted octanol–water partition coefficient (Wildman–Crippen LogP) is 0.817. The summed E-state index contributed by atoms with van der Waals surface area (Å²) >= 11 is 0. The van der Waals surface area contributed by atoms with Gasteiger partial charge < -0.3 is 4.74 Å². The minimum atomic E-state index is -3.10. The van der Waals surface area contributed by atoms with Crippen molar-refractivity contribution in [1.29, 1.82) is 0 Å². The molecule has 1 unspecified atom stereocenters. The van der Waals surface area contributed by atoms with E-state index in [9.17, 15) is 8.42 Å². The van der Waals surface area contributed by atoms with E-state index in [1.807, 2.05) is 6.92 Å². The lowest BCUT2D eigenvalue weighted by molar-refractivity contribution is 0.126. The van der Waals surface area contributed by atoms with Crippen LogP contribution in [0.3, 0.4) is 0 Å². The van der Waals surface area contributed by atoms with Crippen LogP contribution in [0.2, 0.25) is 0 Å². The molecule has 1 heterocycles. The molecule has 0 radical (unpaired) electrons. The molecular weight excluding hydrogens is 252 g/mol. The summed E-state index contributed by atoms with van der Waals surface area (Å²) in [5, 5.41) is 0. The van der Waals surface area contributed by atoms with Gasteiger partial charge in [0.15, 0.2) is 0 Å². The lowest BCUT2D eigenvalue weighted by atomic mass is 10.1. The van der Waals surface area contributed by atoms with Crippen LogP contribution in [-0.4, -0.2) is 58.5 Å². The van der Waals surface area contributed by atoms with Crippen LogP contribution < -0.4 is 4.72 Å². The van der Waals surface area contributed by atoms with Crippen LogP contribution in [0.25, 0.3) is 0 Å². The number of ether oxygens (including phenoxy) is 1. The Bertz CT molecular complexity index is 319. The number of sulfonamides is 1. The molecule has 1 atom stereocenters. The molecule has 5 nitrogen and oxygen atoms in total. The minimum Gasteiger partial charge on any atom is -0.383 e. The summed E-state index contributed by atoms with van der Waals surface area (Å²) in [6.45, 7) is 5.42. The number of piperidine rings is 1. The molecule has 0 bridgehead atoms. The quantitative estimate of drug-likeness (QED) is 0.714. The van der Waals surface area contributed by atoms with Gasteiger partial charge in [0.2, 0.25) is 10.0 Å². The first-order chi connectivity index (χ1) is 8.57. The Kier molecular flexibility index (Phi) is 7.14. The third kappa shape index (κ3) is 6.13. The number of unbranched alkanes of at least 4 members (excludes halogenated alkanes) is 1. The van der Waals surface area contributed by atoms with E-state index in [0.717, 1.165) is 45.3 Å². The van der Waals surface area contributed by atoms with E-state index in [1.165, 1.54) is 0 Å². The number of rotatable bonds is 8. The summed E-state index contributed by atoms with van der Waals surface area (Å²) in [5.41, 5.74) is 0. The lowest BCUT2D eigenvalue weighted by Crippen LogP contribution is -2.48.